The largest absolute Gasteiger partial charge is 0.0654 e. The van der Waals surface area contributed by atoms with Gasteiger partial charge in [0.2, 0.25) is 0 Å². The van der Waals surface area contributed by atoms with E-state index in [4.69, 9.17) is 0 Å². The van der Waals surface area contributed by atoms with Crippen LogP contribution in [0.25, 0.3) is 0 Å². The molecule has 0 spiro atoms. The molecule has 0 saturated heterocycles. The van der Waals surface area contributed by atoms with Crippen molar-refractivity contribution in [2.75, 3.05) is 0 Å². The number of unbranched alkanes of at least 4 members (excludes halogenated alkanes) is 11. The lowest BCUT2D eigenvalue weighted by atomic mass is 9.92. The molecule has 0 aliphatic heterocycles. The van der Waals surface area contributed by atoms with Crippen LogP contribution in [0.5, 0.6) is 0 Å². The second kappa shape index (κ2) is 17.1. The van der Waals surface area contributed by atoms with Gasteiger partial charge in [0.05, 0.1) is 0 Å². The van der Waals surface area contributed by atoms with Gasteiger partial charge in [-0.3, -0.25) is 0 Å². The Morgan fingerprint density at radius 1 is 0.450 bits per heavy atom. The van der Waals surface area contributed by atoms with E-state index in [1.54, 1.807) is 0 Å². The lowest BCUT2D eigenvalue weighted by molar-refractivity contribution is 0.393. The van der Waals surface area contributed by atoms with Crippen molar-refractivity contribution in [3.8, 4) is 0 Å². The summed E-state index contributed by atoms with van der Waals surface area (Å²) in [7, 11) is 0. The Bertz CT molecular complexity index is 161. The van der Waals surface area contributed by atoms with Crippen molar-refractivity contribution in [2.45, 2.75) is 124 Å². The summed E-state index contributed by atoms with van der Waals surface area (Å²) in [6.45, 7) is 6.99. The summed E-state index contributed by atoms with van der Waals surface area (Å²) < 4.78 is 0. The normalized spacial score (nSPS) is 12.8. The van der Waals surface area contributed by atoms with Gasteiger partial charge in [-0.25, -0.2) is 0 Å². The van der Waals surface area contributed by atoms with Crippen molar-refractivity contribution in [3.05, 3.63) is 0 Å². The molecule has 20 heavy (non-hydrogen) atoms. The van der Waals surface area contributed by atoms with E-state index in [1.807, 2.05) is 0 Å². The van der Waals surface area contributed by atoms with Crippen LogP contribution in [0.1, 0.15) is 124 Å². The first-order valence-corrected chi connectivity index (χ1v) is 9.85. The van der Waals surface area contributed by atoms with E-state index in [0.29, 0.717) is 0 Å². The van der Waals surface area contributed by atoms with Gasteiger partial charge in [-0.1, -0.05) is 124 Å². The Labute approximate surface area is 130 Å². The zero-order valence-electron chi connectivity index (χ0n) is 14.9. The number of hydrogen-bond acceptors (Lipinski definition) is 0. The maximum atomic E-state index is 2.39. The maximum Gasteiger partial charge on any atom is -0.0417 e. The fourth-order valence-electron chi connectivity index (χ4n) is 3.16. The topological polar surface area (TPSA) is 0 Å². The third kappa shape index (κ3) is 14.4. The molecule has 122 valence electrons. The highest BCUT2D eigenvalue weighted by atomic mass is 14.1. The highest BCUT2D eigenvalue weighted by Crippen LogP contribution is 2.21. The van der Waals surface area contributed by atoms with Gasteiger partial charge in [0.1, 0.15) is 0 Å². The first-order chi connectivity index (χ1) is 9.85. The number of hydrogen-bond donors (Lipinski definition) is 0. The molecule has 0 heterocycles. The highest BCUT2D eigenvalue weighted by molar-refractivity contribution is 4.59. The smallest absolute Gasteiger partial charge is 0.0417 e. The zero-order valence-corrected chi connectivity index (χ0v) is 14.9. The van der Waals surface area contributed by atoms with Gasteiger partial charge in [0.25, 0.3) is 0 Å². The van der Waals surface area contributed by atoms with Crippen LogP contribution < -0.4 is 0 Å². The van der Waals surface area contributed by atoms with E-state index >= 15 is 0 Å². The Morgan fingerprint density at radius 2 is 0.800 bits per heavy atom. The summed E-state index contributed by atoms with van der Waals surface area (Å²) in [5.41, 5.74) is 0. The van der Waals surface area contributed by atoms with Crippen LogP contribution in [0.2, 0.25) is 0 Å². The minimum Gasteiger partial charge on any atom is -0.0654 e. The van der Waals surface area contributed by atoms with Gasteiger partial charge in [0, 0.05) is 0 Å². The summed E-state index contributed by atoms with van der Waals surface area (Å²) in [5, 5.41) is 0. The molecule has 0 heteroatoms. The molecule has 0 saturated carbocycles. The molecule has 0 aromatic carbocycles. The molecule has 1 atom stereocenters. The fraction of sp³-hybridized carbons (Fsp3) is 1.00. The Balaban J connectivity index is 3.28. The molecule has 0 aliphatic carbocycles. The summed E-state index contributed by atoms with van der Waals surface area (Å²) in [6, 6.07) is 0. The average molecular weight is 283 g/mol. The standard InChI is InChI=1S/C20H42/c1-4-7-9-11-12-13-15-17-19-20(6-3)18-16-14-10-8-5-2/h20H,4-19H2,1-3H3. The first-order valence-electron chi connectivity index (χ1n) is 9.85. The Hall–Kier alpha value is 0. The predicted octanol–water partition coefficient (Wildman–Crippen LogP) is 7.90. The summed E-state index contributed by atoms with van der Waals surface area (Å²) in [6.07, 6.45) is 23.3. The fourth-order valence-corrected chi connectivity index (χ4v) is 3.16. The van der Waals surface area contributed by atoms with Gasteiger partial charge in [0.15, 0.2) is 0 Å². The van der Waals surface area contributed by atoms with E-state index in [9.17, 15) is 0 Å². The van der Waals surface area contributed by atoms with Crippen molar-refractivity contribution < 1.29 is 0 Å². The van der Waals surface area contributed by atoms with Crippen LogP contribution in [0.15, 0.2) is 0 Å². The van der Waals surface area contributed by atoms with Crippen LogP contribution in [-0.2, 0) is 0 Å². The van der Waals surface area contributed by atoms with Gasteiger partial charge < -0.3 is 0 Å². The third-order valence-corrected chi connectivity index (χ3v) is 4.76. The van der Waals surface area contributed by atoms with Crippen LogP contribution in [0.3, 0.4) is 0 Å². The molecule has 0 fully saturated rings. The van der Waals surface area contributed by atoms with Crippen molar-refractivity contribution in [3.63, 3.8) is 0 Å². The molecule has 0 aromatic heterocycles. The molecule has 0 N–H and O–H groups in total. The van der Waals surface area contributed by atoms with Gasteiger partial charge in [-0.2, -0.15) is 0 Å². The van der Waals surface area contributed by atoms with Crippen molar-refractivity contribution >= 4 is 0 Å². The third-order valence-electron chi connectivity index (χ3n) is 4.76. The number of rotatable bonds is 16. The minimum atomic E-state index is 1.02. The van der Waals surface area contributed by atoms with Crippen molar-refractivity contribution in [1.82, 2.24) is 0 Å². The van der Waals surface area contributed by atoms with E-state index in [0.717, 1.165) is 5.92 Å². The van der Waals surface area contributed by atoms with Crippen LogP contribution >= 0.6 is 0 Å². The van der Waals surface area contributed by atoms with Crippen LogP contribution in [0.4, 0.5) is 0 Å². The Morgan fingerprint density at radius 3 is 1.15 bits per heavy atom. The van der Waals surface area contributed by atoms with E-state index in [1.165, 1.54) is 103 Å². The maximum absolute atomic E-state index is 2.39. The second-order valence-electron chi connectivity index (χ2n) is 6.74. The van der Waals surface area contributed by atoms with E-state index < -0.39 is 0 Å². The molecule has 1 unspecified atom stereocenters. The lowest BCUT2D eigenvalue weighted by Crippen LogP contribution is -1.99. The van der Waals surface area contributed by atoms with Gasteiger partial charge >= 0.3 is 0 Å². The molecule has 0 rings (SSSR count). The molecular formula is C20H42. The molecule has 0 amide bonds. The summed E-state index contributed by atoms with van der Waals surface area (Å²) in [5.74, 6) is 1.02. The van der Waals surface area contributed by atoms with E-state index in [2.05, 4.69) is 20.8 Å². The average Bonchev–Trinajstić information content (AvgIpc) is 2.47. The molecule has 0 aromatic rings. The van der Waals surface area contributed by atoms with Gasteiger partial charge in [-0.05, 0) is 5.92 Å². The SMILES string of the molecule is CCCCCCCCCCC(CC)CCCCCCC. The molecule has 0 aliphatic rings. The van der Waals surface area contributed by atoms with Crippen LogP contribution in [0, 0.1) is 5.92 Å². The van der Waals surface area contributed by atoms with Crippen LogP contribution in [-0.4, -0.2) is 0 Å². The monoisotopic (exact) mass is 282 g/mol. The minimum absolute atomic E-state index is 1.02. The molecular weight excluding hydrogens is 240 g/mol. The lowest BCUT2D eigenvalue weighted by Gasteiger charge is -2.14. The zero-order chi connectivity index (χ0) is 14.9. The molecule has 0 bridgehead atoms. The highest BCUT2D eigenvalue weighted by Gasteiger charge is 2.05. The van der Waals surface area contributed by atoms with E-state index in [-0.39, 0.29) is 0 Å². The molecule has 0 radical (unpaired) electrons. The van der Waals surface area contributed by atoms with Crippen molar-refractivity contribution in [1.29, 1.82) is 0 Å². The second-order valence-corrected chi connectivity index (χ2v) is 6.74. The molecule has 0 nitrogen and oxygen atoms in total. The summed E-state index contributed by atoms with van der Waals surface area (Å²) in [4.78, 5) is 0. The summed E-state index contributed by atoms with van der Waals surface area (Å²) >= 11 is 0. The van der Waals surface area contributed by atoms with Gasteiger partial charge in [-0.15, -0.1) is 0 Å². The first kappa shape index (κ1) is 20.0. The Kier molecular flexibility index (Phi) is 17.1. The quantitative estimate of drug-likeness (QED) is 0.252. The predicted molar refractivity (Wildman–Crippen MR) is 94.4 cm³/mol. The van der Waals surface area contributed by atoms with Crippen molar-refractivity contribution in [2.24, 2.45) is 5.92 Å².